The van der Waals surface area contributed by atoms with Crippen molar-refractivity contribution < 1.29 is 19.4 Å². The zero-order chi connectivity index (χ0) is 30.1. The smallest absolute Gasteiger partial charge is 0.266 e. The Morgan fingerprint density at radius 3 is 2.42 bits per heavy atom. The number of halogens is 2. The van der Waals surface area contributed by atoms with Crippen LogP contribution in [0.2, 0.25) is 5.02 Å². The van der Waals surface area contributed by atoms with E-state index in [2.05, 4.69) is 26.8 Å². The summed E-state index contributed by atoms with van der Waals surface area (Å²) in [4.78, 5) is 19.3. The lowest BCUT2D eigenvalue weighted by atomic mass is 9.82. The summed E-state index contributed by atoms with van der Waals surface area (Å²) >= 11 is 9.83. The normalized spacial score (nSPS) is 17.7. The molecular formula is C34H33BrClN3O4. The summed E-state index contributed by atoms with van der Waals surface area (Å²) in [5, 5.41) is 9.73. The van der Waals surface area contributed by atoms with Crippen LogP contribution in [-0.4, -0.2) is 42.2 Å². The van der Waals surface area contributed by atoms with E-state index >= 15 is 0 Å². The molecule has 1 heterocycles. The second kappa shape index (κ2) is 14.7. The lowest BCUT2D eigenvalue weighted by Gasteiger charge is -2.31. The van der Waals surface area contributed by atoms with Gasteiger partial charge in [-0.3, -0.25) is 10.2 Å². The summed E-state index contributed by atoms with van der Waals surface area (Å²) in [5.41, 5.74) is 8.21. The number of aliphatic imine (C=N–C) groups is 1. The fraction of sp³-hybridized carbons (Fsp3) is 0.235. The number of hydrogen-bond acceptors (Lipinski definition) is 6. The van der Waals surface area contributed by atoms with Gasteiger partial charge in [0, 0.05) is 41.1 Å². The van der Waals surface area contributed by atoms with Crippen molar-refractivity contribution in [3.8, 4) is 5.75 Å². The SMILES string of the molecule is O=C(NNCCc1ccccc1Cl)[C@@]1(Cc2ccc(Br)cc2)N=C(c2ccc(OCCCO)cc2)O[C@H]1c1ccccc1. The number of hydrogen-bond donors (Lipinski definition) is 3. The molecule has 1 aliphatic rings. The Bertz CT molecular complexity index is 1530. The number of nitrogens with zero attached hydrogens (tertiary/aromatic N) is 1. The van der Waals surface area contributed by atoms with E-state index in [9.17, 15) is 4.79 Å². The van der Waals surface area contributed by atoms with E-state index in [4.69, 9.17) is 31.2 Å². The van der Waals surface area contributed by atoms with E-state index in [1.165, 1.54) is 0 Å². The van der Waals surface area contributed by atoms with Gasteiger partial charge in [-0.2, -0.15) is 0 Å². The Kier molecular flexibility index (Phi) is 10.5. The summed E-state index contributed by atoms with van der Waals surface area (Å²) < 4.78 is 13.2. The highest BCUT2D eigenvalue weighted by atomic mass is 79.9. The van der Waals surface area contributed by atoms with Gasteiger partial charge in [0.25, 0.3) is 5.91 Å². The van der Waals surface area contributed by atoms with Gasteiger partial charge < -0.3 is 14.6 Å². The van der Waals surface area contributed by atoms with Gasteiger partial charge >= 0.3 is 0 Å². The summed E-state index contributed by atoms with van der Waals surface area (Å²) in [6, 6.07) is 32.6. The van der Waals surface area contributed by atoms with Gasteiger partial charge in [0.05, 0.1) is 6.61 Å². The molecule has 2 atom stereocenters. The fourth-order valence-electron chi connectivity index (χ4n) is 4.97. The molecule has 5 rings (SSSR count). The van der Waals surface area contributed by atoms with Gasteiger partial charge in [-0.15, -0.1) is 0 Å². The summed E-state index contributed by atoms with van der Waals surface area (Å²) in [6.07, 6.45) is 0.817. The van der Waals surface area contributed by atoms with E-state index in [0.29, 0.717) is 49.1 Å². The predicted octanol–water partition coefficient (Wildman–Crippen LogP) is 6.23. The predicted molar refractivity (Wildman–Crippen MR) is 172 cm³/mol. The minimum atomic E-state index is -1.31. The maximum absolute atomic E-state index is 14.2. The van der Waals surface area contributed by atoms with Crippen molar-refractivity contribution in [3.63, 3.8) is 0 Å². The zero-order valence-corrected chi connectivity index (χ0v) is 25.9. The molecule has 222 valence electrons. The average molecular weight is 663 g/mol. The van der Waals surface area contributed by atoms with Crippen molar-refractivity contribution >= 4 is 39.3 Å². The lowest BCUT2D eigenvalue weighted by molar-refractivity contribution is -0.130. The number of aliphatic hydroxyl groups excluding tert-OH is 1. The van der Waals surface area contributed by atoms with Crippen LogP contribution in [0.15, 0.2) is 113 Å². The molecule has 1 amide bonds. The van der Waals surface area contributed by atoms with E-state index in [1.54, 1.807) is 0 Å². The molecule has 0 saturated carbocycles. The Hall–Kier alpha value is -3.69. The number of hydrazine groups is 1. The highest BCUT2D eigenvalue weighted by Crippen LogP contribution is 2.42. The average Bonchev–Trinajstić information content (AvgIpc) is 3.42. The maximum Gasteiger partial charge on any atom is 0.266 e. The van der Waals surface area contributed by atoms with Crippen LogP contribution >= 0.6 is 27.5 Å². The Balaban J connectivity index is 1.46. The lowest BCUT2D eigenvalue weighted by Crippen LogP contribution is -2.54. The molecule has 4 aromatic carbocycles. The first-order chi connectivity index (χ1) is 21.0. The van der Waals surface area contributed by atoms with Gasteiger partial charge in [-0.05, 0) is 65.6 Å². The van der Waals surface area contributed by atoms with Crippen molar-refractivity contribution in [1.29, 1.82) is 0 Å². The second-order valence-corrected chi connectivity index (χ2v) is 11.5. The zero-order valence-electron chi connectivity index (χ0n) is 23.5. The van der Waals surface area contributed by atoms with Crippen molar-refractivity contribution in [1.82, 2.24) is 10.9 Å². The van der Waals surface area contributed by atoms with Crippen LogP contribution in [0.4, 0.5) is 0 Å². The molecule has 0 unspecified atom stereocenters. The molecule has 1 aliphatic heterocycles. The van der Waals surface area contributed by atoms with Gasteiger partial charge in [0.1, 0.15) is 5.75 Å². The second-order valence-electron chi connectivity index (χ2n) is 10.2. The van der Waals surface area contributed by atoms with E-state index in [0.717, 1.165) is 26.7 Å². The quantitative estimate of drug-likeness (QED) is 0.117. The molecule has 0 spiro atoms. The Morgan fingerprint density at radius 1 is 0.977 bits per heavy atom. The Labute approximate surface area is 265 Å². The number of carbonyl (C=O) groups excluding carboxylic acids is 1. The summed E-state index contributed by atoms with van der Waals surface area (Å²) in [5.74, 6) is 0.749. The van der Waals surface area contributed by atoms with Crippen LogP contribution in [0.3, 0.4) is 0 Å². The van der Waals surface area contributed by atoms with Gasteiger partial charge in [0.2, 0.25) is 5.90 Å². The first-order valence-electron chi connectivity index (χ1n) is 14.2. The maximum atomic E-state index is 14.2. The number of rotatable bonds is 13. The first-order valence-corrected chi connectivity index (χ1v) is 15.3. The van der Waals surface area contributed by atoms with Gasteiger partial charge in [0.15, 0.2) is 11.6 Å². The summed E-state index contributed by atoms with van der Waals surface area (Å²) in [7, 11) is 0. The van der Waals surface area contributed by atoms with Gasteiger partial charge in [-0.25, -0.2) is 10.4 Å². The molecule has 9 heteroatoms. The van der Waals surface area contributed by atoms with Crippen molar-refractivity contribution in [2.45, 2.75) is 30.9 Å². The number of carbonyl (C=O) groups is 1. The third-order valence-corrected chi connectivity index (χ3v) is 8.10. The van der Waals surface area contributed by atoms with E-state index in [1.807, 2.05) is 103 Å². The molecule has 0 bridgehead atoms. The molecule has 0 aliphatic carbocycles. The third-order valence-electron chi connectivity index (χ3n) is 7.20. The Morgan fingerprint density at radius 2 is 1.70 bits per heavy atom. The van der Waals surface area contributed by atoms with Gasteiger partial charge in [-0.1, -0.05) is 88.2 Å². The van der Waals surface area contributed by atoms with Crippen LogP contribution in [-0.2, 0) is 22.4 Å². The highest BCUT2D eigenvalue weighted by molar-refractivity contribution is 9.10. The first kappa shape index (κ1) is 30.8. The largest absolute Gasteiger partial charge is 0.494 e. The van der Waals surface area contributed by atoms with Crippen molar-refractivity contribution in [2.75, 3.05) is 19.8 Å². The molecule has 0 radical (unpaired) electrons. The van der Waals surface area contributed by atoms with Crippen LogP contribution < -0.4 is 15.6 Å². The minimum absolute atomic E-state index is 0.0704. The third kappa shape index (κ3) is 7.64. The number of nitrogens with one attached hydrogen (secondary N) is 2. The molecule has 7 nitrogen and oxygen atoms in total. The van der Waals surface area contributed by atoms with Crippen LogP contribution in [0.5, 0.6) is 5.75 Å². The fourth-order valence-corrected chi connectivity index (χ4v) is 5.47. The van der Waals surface area contributed by atoms with Crippen molar-refractivity contribution in [3.05, 3.63) is 135 Å². The molecule has 3 N–H and O–H groups in total. The molecule has 0 saturated heterocycles. The molecule has 0 aromatic heterocycles. The highest BCUT2D eigenvalue weighted by Gasteiger charge is 2.53. The number of ether oxygens (including phenoxy) is 2. The van der Waals surface area contributed by atoms with Crippen LogP contribution in [0.1, 0.15) is 34.8 Å². The number of aliphatic hydroxyl groups is 1. The number of benzene rings is 4. The standard InChI is InChI=1S/C34H33BrClN3O4/c35-28-15-11-24(12-16-28)23-34(33(41)39-37-20-19-25-7-4-5-10-30(25)36)31(26-8-2-1-3-9-26)43-32(38-34)27-13-17-29(18-14-27)42-22-6-21-40/h1-5,7-18,31,37,40H,6,19-23H2,(H,39,41)/t31-,34-/m0/s1. The molecule has 0 fully saturated rings. The molecular weight excluding hydrogens is 630 g/mol. The topological polar surface area (TPSA) is 92.2 Å². The van der Waals surface area contributed by atoms with Crippen LogP contribution in [0, 0.1) is 0 Å². The molecule has 43 heavy (non-hydrogen) atoms. The number of amides is 1. The molecule has 4 aromatic rings. The van der Waals surface area contributed by atoms with Crippen LogP contribution in [0.25, 0.3) is 0 Å². The monoisotopic (exact) mass is 661 g/mol. The summed E-state index contributed by atoms with van der Waals surface area (Å²) in [6.45, 7) is 0.972. The minimum Gasteiger partial charge on any atom is -0.494 e. The van der Waals surface area contributed by atoms with E-state index < -0.39 is 11.6 Å². The van der Waals surface area contributed by atoms with Crippen molar-refractivity contribution in [2.24, 2.45) is 4.99 Å². The van der Waals surface area contributed by atoms with E-state index in [-0.39, 0.29) is 12.5 Å².